The molecule has 1 unspecified atom stereocenters. The van der Waals surface area contributed by atoms with Crippen molar-refractivity contribution in [3.63, 3.8) is 0 Å². The zero-order chi connectivity index (χ0) is 20.0. The highest BCUT2D eigenvalue weighted by Gasteiger charge is 2.43. The number of nitrogens with zero attached hydrogens (tertiary/aromatic N) is 1. The minimum absolute atomic E-state index is 0.170. The topological polar surface area (TPSA) is 41.6 Å². The number of likely N-dealkylation sites (tertiary alicyclic amines) is 1. The number of carbonyl (C=O) groups is 1. The first-order valence-corrected chi connectivity index (χ1v) is 9.60. The van der Waals surface area contributed by atoms with Crippen LogP contribution in [0.2, 0.25) is 0 Å². The van der Waals surface area contributed by atoms with Gasteiger partial charge in [-0.15, -0.1) is 0 Å². The number of piperidine rings is 1. The fourth-order valence-corrected chi connectivity index (χ4v) is 3.44. The summed E-state index contributed by atoms with van der Waals surface area (Å²) in [6.07, 6.45) is -0.706. The van der Waals surface area contributed by atoms with Crippen molar-refractivity contribution >= 4 is 5.91 Å². The number of hydrogen-bond acceptors (Lipinski definition) is 3. The van der Waals surface area contributed by atoms with Crippen molar-refractivity contribution < 1.29 is 18.3 Å². The van der Waals surface area contributed by atoms with Gasteiger partial charge in [-0.1, -0.05) is 48.5 Å². The summed E-state index contributed by atoms with van der Waals surface area (Å²) in [4.78, 5) is 14.6. The number of benzene rings is 2. The van der Waals surface area contributed by atoms with E-state index in [0.717, 1.165) is 11.3 Å². The van der Waals surface area contributed by atoms with Crippen LogP contribution in [-0.2, 0) is 4.79 Å². The van der Waals surface area contributed by atoms with Gasteiger partial charge in [0.1, 0.15) is 12.4 Å². The number of halogens is 2. The lowest BCUT2D eigenvalue weighted by Gasteiger charge is -2.38. The van der Waals surface area contributed by atoms with Crippen molar-refractivity contribution in [1.29, 1.82) is 0 Å². The first kappa shape index (κ1) is 20.3. The normalized spacial score (nSPS) is 20.3. The van der Waals surface area contributed by atoms with E-state index in [1.54, 1.807) is 4.90 Å². The van der Waals surface area contributed by atoms with Gasteiger partial charge in [0.2, 0.25) is 5.91 Å². The van der Waals surface area contributed by atoms with Gasteiger partial charge in [0, 0.05) is 25.9 Å². The molecule has 1 aliphatic heterocycles. The summed E-state index contributed by atoms with van der Waals surface area (Å²) in [6.45, 7) is 2.79. The van der Waals surface area contributed by atoms with Gasteiger partial charge in [0.25, 0.3) is 5.92 Å². The fraction of sp³-hybridized carbons (Fsp3) is 0.409. The Kier molecular flexibility index (Phi) is 6.62. The smallest absolute Gasteiger partial charge is 0.251 e. The number of nitrogens with one attached hydrogen (secondary N) is 1. The Bertz CT molecular complexity index is 756. The Morgan fingerprint density at radius 1 is 1.18 bits per heavy atom. The van der Waals surface area contributed by atoms with Crippen LogP contribution in [0.1, 0.15) is 31.4 Å². The third-order valence-electron chi connectivity index (χ3n) is 5.05. The summed E-state index contributed by atoms with van der Waals surface area (Å²) in [5.41, 5.74) is 0.942. The average Bonchev–Trinajstić information content (AvgIpc) is 2.70. The monoisotopic (exact) mass is 388 g/mol. The van der Waals surface area contributed by atoms with Crippen LogP contribution >= 0.6 is 0 Å². The highest BCUT2D eigenvalue weighted by molar-refractivity contribution is 5.82. The molecule has 0 saturated carbocycles. The molecule has 28 heavy (non-hydrogen) atoms. The van der Waals surface area contributed by atoms with Crippen LogP contribution in [0.15, 0.2) is 60.7 Å². The summed E-state index contributed by atoms with van der Waals surface area (Å²) in [5, 5.41) is 2.89. The quantitative estimate of drug-likeness (QED) is 0.778. The van der Waals surface area contributed by atoms with Crippen LogP contribution in [-0.4, -0.2) is 42.5 Å². The summed E-state index contributed by atoms with van der Waals surface area (Å²) >= 11 is 0. The van der Waals surface area contributed by atoms with E-state index in [1.807, 2.05) is 67.6 Å². The first-order valence-electron chi connectivity index (χ1n) is 9.60. The minimum Gasteiger partial charge on any atom is -0.492 e. The van der Waals surface area contributed by atoms with E-state index in [-0.39, 0.29) is 24.9 Å². The van der Waals surface area contributed by atoms with Crippen molar-refractivity contribution in [3.8, 4) is 5.75 Å². The average molecular weight is 388 g/mol. The van der Waals surface area contributed by atoms with E-state index in [1.165, 1.54) is 0 Å². The number of alkyl halides is 2. The van der Waals surface area contributed by atoms with E-state index >= 15 is 0 Å². The minimum atomic E-state index is -2.82. The number of para-hydroxylation sites is 1. The summed E-state index contributed by atoms with van der Waals surface area (Å²) in [6, 6.07) is 17.7. The first-order chi connectivity index (χ1) is 13.4. The molecule has 0 spiro atoms. The molecule has 0 bridgehead atoms. The SMILES string of the molecule is CC(NC(=O)[C@@H]1CC(F)(F)CCN1CCOc1ccccc1)c1ccccc1. The molecular weight excluding hydrogens is 362 g/mol. The van der Waals surface area contributed by atoms with Crippen LogP contribution in [0.5, 0.6) is 5.75 Å². The predicted octanol–water partition coefficient (Wildman–Crippen LogP) is 4.04. The molecule has 150 valence electrons. The molecule has 1 aliphatic rings. The van der Waals surface area contributed by atoms with Crippen molar-refractivity contribution in [2.75, 3.05) is 19.7 Å². The van der Waals surface area contributed by atoms with Gasteiger partial charge >= 0.3 is 0 Å². The number of rotatable bonds is 7. The molecule has 6 heteroatoms. The molecule has 4 nitrogen and oxygen atoms in total. The maximum atomic E-state index is 14.0. The largest absolute Gasteiger partial charge is 0.492 e. The van der Waals surface area contributed by atoms with E-state index in [4.69, 9.17) is 4.74 Å². The number of ether oxygens (including phenoxy) is 1. The van der Waals surface area contributed by atoms with E-state index in [0.29, 0.717) is 13.2 Å². The maximum absolute atomic E-state index is 14.0. The second kappa shape index (κ2) is 9.15. The third-order valence-corrected chi connectivity index (χ3v) is 5.05. The molecule has 0 aliphatic carbocycles. The Labute approximate surface area is 164 Å². The second-order valence-corrected chi connectivity index (χ2v) is 7.16. The van der Waals surface area contributed by atoms with Crippen molar-refractivity contribution in [3.05, 3.63) is 66.2 Å². The molecule has 1 heterocycles. The second-order valence-electron chi connectivity index (χ2n) is 7.16. The van der Waals surface area contributed by atoms with Gasteiger partial charge in [-0.2, -0.15) is 0 Å². The molecule has 3 rings (SSSR count). The summed E-state index contributed by atoms with van der Waals surface area (Å²) in [5.74, 6) is -2.46. The molecule has 2 aromatic rings. The van der Waals surface area contributed by atoms with Gasteiger partial charge < -0.3 is 10.1 Å². The Balaban J connectivity index is 1.61. The zero-order valence-corrected chi connectivity index (χ0v) is 16.0. The van der Waals surface area contributed by atoms with Crippen LogP contribution in [0.25, 0.3) is 0 Å². The third kappa shape index (κ3) is 5.52. The van der Waals surface area contributed by atoms with Gasteiger partial charge in [-0.25, -0.2) is 8.78 Å². The highest BCUT2D eigenvalue weighted by Crippen LogP contribution is 2.32. The van der Waals surface area contributed by atoms with Crippen molar-refractivity contribution in [2.45, 2.75) is 37.8 Å². The van der Waals surface area contributed by atoms with Gasteiger partial charge in [0.05, 0.1) is 12.1 Å². The molecule has 0 aromatic heterocycles. The highest BCUT2D eigenvalue weighted by atomic mass is 19.3. The Morgan fingerprint density at radius 2 is 1.82 bits per heavy atom. The standard InChI is InChI=1S/C22H26F2N2O2/c1-17(18-8-4-2-5-9-18)25-21(27)20-16-22(23,24)12-13-26(20)14-15-28-19-10-6-3-7-11-19/h2-11,17,20H,12-16H2,1H3,(H,25,27)/t17?,20-/m0/s1. The predicted molar refractivity (Wildman–Crippen MR) is 104 cm³/mol. The molecule has 2 atom stereocenters. The van der Waals surface area contributed by atoms with E-state index in [9.17, 15) is 13.6 Å². The molecule has 1 fully saturated rings. The molecule has 0 radical (unpaired) electrons. The fourth-order valence-electron chi connectivity index (χ4n) is 3.44. The number of amides is 1. The molecule has 1 N–H and O–H groups in total. The molecule has 1 amide bonds. The lowest BCUT2D eigenvalue weighted by Crippen LogP contribution is -2.55. The molecule has 1 saturated heterocycles. The number of carbonyl (C=O) groups excluding carboxylic acids is 1. The van der Waals surface area contributed by atoms with Crippen molar-refractivity contribution in [1.82, 2.24) is 10.2 Å². The Morgan fingerprint density at radius 3 is 2.50 bits per heavy atom. The van der Waals surface area contributed by atoms with Gasteiger partial charge in [0.15, 0.2) is 0 Å². The summed E-state index contributed by atoms with van der Waals surface area (Å²) in [7, 11) is 0. The molecular formula is C22H26F2N2O2. The van der Waals surface area contributed by atoms with Crippen LogP contribution in [0.4, 0.5) is 8.78 Å². The van der Waals surface area contributed by atoms with Crippen LogP contribution in [0.3, 0.4) is 0 Å². The summed E-state index contributed by atoms with van der Waals surface area (Å²) < 4.78 is 33.7. The number of hydrogen-bond donors (Lipinski definition) is 1. The maximum Gasteiger partial charge on any atom is 0.251 e. The van der Waals surface area contributed by atoms with Crippen LogP contribution in [0, 0.1) is 0 Å². The zero-order valence-electron chi connectivity index (χ0n) is 16.0. The van der Waals surface area contributed by atoms with E-state index in [2.05, 4.69) is 5.32 Å². The lowest BCUT2D eigenvalue weighted by molar-refractivity contribution is -0.138. The van der Waals surface area contributed by atoms with Gasteiger partial charge in [-0.3, -0.25) is 9.69 Å². The van der Waals surface area contributed by atoms with Crippen molar-refractivity contribution in [2.24, 2.45) is 0 Å². The Hall–Kier alpha value is -2.47. The lowest BCUT2D eigenvalue weighted by atomic mass is 9.97. The van der Waals surface area contributed by atoms with Crippen LogP contribution < -0.4 is 10.1 Å². The van der Waals surface area contributed by atoms with Gasteiger partial charge in [-0.05, 0) is 24.6 Å². The van der Waals surface area contributed by atoms with E-state index < -0.39 is 18.4 Å². The molecule has 2 aromatic carbocycles.